The van der Waals surface area contributed by atoms with Crippen LogP contribution in [-0.2, 0) is 6.42 Å². The molecule has 0 bridgehead atoms. The van der Waals surface area contributed by atoms with Gasteiger partial charge < -0.3 is 9.63 Å². The van der Waals surface area contributed by atoms with Gasteiger partial charge in [-0.25, -0.2) is 0 Å². The van der Waals surface area contributed by atoms with Gasteiger partial charge in [0, 0.05) is 17.5 Å². The molecule has 0 amide bonds. The maximum Gasteiger partial charge on any atom is 0.234 e. The number of hydrogen-bond acceptors (Lipinski definition) is 5. The first-order chi connectivity index (χ1) is 12.4. The Kier molecular flexibility index (Phi) is 5.25. The summed E-state index contributed by atoms with van der Waals surface area (Å²) >= 11 is 0. The van der Waals surface area contributed by atoms with Gasteiger partial charge in [0.2, 0.25) is 11.7 Å². The van der Waals surface area contributed by atoms with Gasteiger partial charge in [-0.3, -0.25) is 4.98 Å². The molecule has 5 nitrogen and oxygen atoms in total. The molecule has 0 spiro atoms. The number of aliphatic hydroxyl groups is 1. The molecule has 0 aromatic carbocycles. The highest BCUT2D eigenvalue weighted by Gasteiger charge is 2.25. The van der Waals surface area contributed by atoms with Gasteiger partial charge in [-0.2, -0.15) is 4.98 Å². The number of pyridine rings is 1. The van der Waals surface area contributed by atoms with Crippen molar-refractivity contribution in [2.45, 2.75) is 59.8 Å². The van der Waals surface area contributed by atoms with Crippen LogP contribution in [0.3, 0.4) is 0 Å². The fraction of sp³-hybridized carbons (Fsp3) is 0.476. The molecule has 0 radical (unpaired) electrons. The van der Waals surface area contributed by atoms with Gasteiger partial charge in [0.25, 0.3) is 0 Å². The van der Waals surface area contributed by atoms with E-state index in [0.29, 0.717) is 29.8 Å². The molecular weight excluding hydrogens is 326 g/mol. The molecule has 2 aromatic rings. The standard InChI is InChI=1S/C21H27N3O2/c1-6-15-10-16(9-14(5)19(15)25)21-23-20(24-26-21)17-8-13(4)18(22-11-17)7-12(2)3/h8,10-12,16,25H,6-7,9H2,1-5H3. The molecule has 2 aromatic heterocycles. The first-order valence-electron chi connectivity index (χ1n) is 9.28. The van der Waals surface area contributed by atoms with E-state index >= 15 is 0 Å². The van der Waals surface area contributed by atoms with Gasteiger partial charge in [0.1, 0.15) is 5.76 Å². The Hall–Kier alpha value is -2.43. The van der Waals surface area contributed by atoms with E-state index in [4.69, 9.17) is 4.52 Å². The fourth-order valence-electron chi connectivity index (χ4n) is 3.35. The van der Waals surface area contributed by atoms with Crippen LogP contribution >= 0.6 is 0 Å². The van der Waals surface area contributed by atoms with Gasteiger partial charge in [0.15, 0.2) is 0 Å². The summed E-state index contributed by atoms with van der Waals surface area (Å²) in [6.45, 7) is 10.4. The van der Waals surface area contributed by atoms with E-state index in [0.717, 1.165) is 40.8 Å². The number of aromatic nitrogens is 3. The lowest BCUT2D eigenvalue weighted by molar-refractivity contribution is 0.357. The van der Waals surface area contributed by atoms with Crippen LogP contribution in [0.5, 0.6) is 0 Å². The molecule has 26 heavy (non-hydrogen) atoms. The van der Waals surface area contributed by atoms with E-state index in [1.54, 1.807) is 0 Å². The molecule has 1 aliphatic carbocycles. The number of allylic oxidation sites excluding steroid dienone is 3. The second kappa shape index (κ2) is 7.44. The zero-order valence-electron chi connectivity index (χ0n) is 16.2. The van der Waals surface area contributed by atoms with Crippen molar-refractivity contribution in [2.24, 2.45) is 5.92 Å². The molecule has 0 saturated carbocycles. The lowest BCUT2D eigenvalue weighted by Crippen LogP contribution is -2.07. The van der Waals surface area contributed by atoms with Crippen molar-refractivity contribution in [3.8, 4) is 11.4 Å². The fourth-order valence-corrected chi connectivity index (χ4v) is 3.35. The zero-order valence-corrected chi connectivity index (χ0v) is 16.2. The van der Waals surface area contributed by atoms with Crippen molar-refractivity contribution >= 4 is 0 Å². The molecule has 1 N–H and O–H groups in total. The van der Waals surface area contributed by atoms with E-state index in [1.165, 1.54) is 0 Å². The first-order valence-corrected chi connectivity index (χ1v) is 9.28. The van der Waals surface area contributed by atoms with Crippen LogP contribution in [-0.4, -0.2) is 20.2 Å². The predicted octanol–water partition coefficient (Wildman–Crippen LogP) is 5.29. The average molecular weight is 353 g/mol. The molecule has 2 heterocycles. The van der Waals surface area contributed by atoms with E-state index < -0.39 is 0 Å². The molecule has 1 atom stereocenters. The number of aliphatic hydroxyl groups excluding tert-OH is 1. The summed E-state index contributed by atoms with van der Waals surface area (Å²) in [7, 11) is 0. The highest BCUT2D eigenvalue weighted by atomic mass is 16.5. The Bertz CT molecular complexity index is 862. The largest absolute Gasteiger partial charge is 0.508 e. The van der Waals surface area contributed by atoms with Crippen LogP contribution in [0.15, 0.2) is 39.8 Å². The minimum atomic E-state index is 0.0105. The molecule has 0 fully saturated rings. The van der Waals surface area contributed by atoms with Crippen molar-refractivity contribution in [1.82, 2.24) is 15.1 Å². The maximum absolute atomic E-state index is 10.1. The molecule has 0 saturated heterocycles. The van der Waals surface area contributed by atoms with Gasteiger partial charge in [0.05, 0.1) is 5.92 Å². The summed E-state index contributed by atoms with van der Waals surface area (Å²) in [5, 5.41) is 14.3. The first kappa shape index (κ1) is 18.4. The van der Waals surface area contributed by atoms with Gasteiger partial charge >= 0.3 is 0 Å². The van der Waals surface area contributed by atoms with E-state index in [9.17, 15) is 5.11 Å². The zero-order chi connectivity index (χ0) is 18.8. The van der Waals surface area contributed by atoms with Crippen molar-refractivity contribution in [3.63, 3.8) is 0 Å². The second-order valence-corrected chi connectivity index (χ2v) is 7.53. The van der Waals surface area contributed by atoms with Crippen LogP contribution in [0.25, 0.3) is 11.4 Å². The number of rotatable bonds is 5. The molecule has 1 unspecified atom stereocenters. The van der Waals surface area contributed by atoms with Crippen LogP contribution < -0.4 is 0 Å². The Morgan fingerprint density at radius 2 is 2.08 bits per heavy atom. The van der Waals surface area contributed by atoms with Crippen molar-refractivity contribution in [3.05, 3.63) is 52.4 Å². The molecule has 3 rings (SSSR count). The van der Waals surface area contributed by atoms with Crippen molar-refractivity contribution in [2.75, 3.05) is 0 Å². The average Bonchev–Trinajstić information content (AvgIpc) is 3.08. The highest BCUT2D eigenvalue weighted by Crippen LogP contribution is 2.35. The smallest absolute Gasteiger partial charge is 0.234 e. The topological polar surface area (TPSA) is 72.0 Å². The molecule has 5 heteroatoms. The SMILES string of the molecule is CCC1=CC(c2nc(-c3cnc(CC(C)C)c(C)c3)no2)CC(C)=C1O. The lowest BCUT2D eigenvalue weighted by atomic mass is 9.88. The van der Waals surface area contributed by atoms with Gasteiger partial charge in [-0.05, 0) is 61.8 Å². The lowest BCUT2D eigenvalue weighted by Gasteiger charge is -2.19. The number of hydrogen-bond donors (Lipinski definition) is 1. The Labute approximate surface area is 154 Å². The monoisotopic (exact) mass is 353 g/mol. The van der Waals surface area contributed by atoms with Crippen molar-refractivity contribution < 1.29 is 9.63 Å². The van der Waals surface area contributed by atoms with Crippen LogP contribution in [0.4, 0.5) is 0 Å². The van der Waals surface area contributed by atoms with Gasteiger partial charge in [-0.15, -0.1) is 0 Å². The third kappa shape index (κ3) is 3.71. The van der Waals surface area contributed by atoms with Gasteiger partial charge in [-0.1, -0.05) is 32.0 Å². The summed E-state index contributed by atoms with van der Waals surface area (Å²) in [4.78, 5) is 9.19. The number of nitrogens with zero attached hydrogens (tertiary/aromatic N) is 3. The quantitative estimate of drug-likeness (QED) is 0.790. The molecular formula is C21H27N3O2. The summed E-state index contributed by atoms with van der Waals surface area (Å²) < 4.78 is 5.53. The Morgan fingerprint density at radius 1 is 1.31 bits per heavy atom. The third-order valence-electron chi connectivity index (χ3n) is 4.82. The van der Waals surface area contributed by atoms with E-state index in [1.807, 2.05) is 26.1 Å². The number of aryl methyl sites for hydroxylation is 1. The highest BCUT2D eigenvalue weighted by molar-refractivity contribution is 5.54. The third-order valence-corrected chi connectivity index (χ3v) is 4.82. The second-order valence-electron chi connectivity index (χ2n) is 7.53. The summed E-state index contributed by atoms with van der Waals surface area (Å²) in [5.74, 6) is 2.14. The summed E-state index contributed by atoms with van der Waals surface area (Å²) in [6, 6.07) is 2.07. The minimum Gasteiger partial charge on any atom is -0.508 e. The van der Waals surface area contributed by atoms with Crippen molar-refractivity contribution in [1.29, 1.82) is 0 Å². The molecule has 1 aliphatic rings. The van der Waals surface area contributed by atoms with E-state index in [2.05, 4.69) is 42.0 Å². The molecule has 138 valence electrons. The van der Waals surface area contributed by atoms with Crippen LogP contribution in [0.2, 0.25) is 0 Å². The van der Waals surface area contributed by atoms with Crippen LogP contribution in [0.1, 0.15) is 63.6 Å². The summed E-state index contributed by atoms with van der Waals surface area (Å²) in [6.07, 6.45) is 6.30. The normalized spacial score (nSPS) is 17.8. The molecule has 0 aliphatic heterocycles. The Balaban J connectivity index is 1.85. The predicted molar refractivity (Wildman–Crippen MR) is 102 cm³/mol. The van der Waals surface area contributed by atoms with Crippen LogP contribution in [0, 0.1) is 12.8 Å². The minimum absolute atomic E-state index is 0.0105. The maximum atomic E-state index is 10.1. The Morgan fingerprint density at radius 3 is 2.73 bits per heavy atom. The van der Waals surface area contributed by atoms with E-state index in [-0.39, 0.29) is 5.92 Å². The summed E-state index contributed by atoms with van der Waals surface area (Å²) in [5.41, 5.74) is 5.04.